The van der Waals surface area contributed by atoms with E-state index in [2.05, 4.69) is 36.1 Å². The van der Waals surface area contributed by atoms with E-state index in [4.69, 9.17) is 0 Å². The molecule has 2 saturated heterocycles. The van der Waals surface area contributed by atoms with Crippen molar-refractivity contribution in [2.45, 2.75) is 32.2 Å². The Balaban J connectivity index is 1.75. The van der Waals surface area contributed by atoms with Gasteiger partial charge < -0.3 is 4.90 Å². The molecule has 1 atom stereocenters. The third-order valence-electron chi connectivity index (χ3n) is 4.10. The van der Waals surface area contributed by atoms with Crippen molar-refractivity contribution in [2.75, 3.05) is 24.5 Å². The average Bonchev–Trinajstić information content (AvgIpc) is 2.99. The van der Waals surface area contributed by atoms with E-state index in [1.54, 1.807) is 0 Å². The van der Waals surface area contributed by atoms with Crippen LogP contribution in [0.5, 0.6) is 0 Å². The summed E-state index contributed by atoms with van der Waals surface area (Å²) in [6.07, 6.45) is 3.47. The number of amides is 1. The van der Waals surface area contributed by atoms with Crippen molar-refractivity contribution >= 4 is 11.6 Å². The van der Waals surface area contributed by atoms with E-state index >= 15 is 0 Å². The summed E-state index contributed by atoms with van der Waals surface area (Å²) in [5.74, 6) is 0.292. The van der Waals surface area contributed by atoms with Crippen LogP contribution in [0.25, 0.3) is 0 Å². The van der Waals surface area contributed by atoms with Crippen molar-refractivity contribution in [1.29, 1.82) is 0 Å². The van der Waals surface area contributed by atoms with Gasteiger partial charge >= 0.3 is 0 Å². The van der Waals surface area contributed by atoms with Crippen molar-refractivity contribution < 1.29 is 4.79 Å². The minimum atomic E-state index is 0.133. The van der Waals surface area contributed by atoms with Gasteiger partial charge in [0.25, 0.3) is 0 Å². The SMILES string of the molecule is Cc1ccc(N2CC[C@@H](N3CCCC3)C2=O)cc1. The Morgan fingerprint density at radius 1 is 1.06 bits per heavy atom. The first-order valence-electron chi connectivity index (χ1n) is 6.88. The Morgan fingerprint density at radius 2 is 1.72 bits per heavy atom. The van der Waals surface area contributed by atoms with Gasteiger partial charge in [0.15, 0.2) is 0 Å². The minimum Gasteiger partial charge on any atom is -0.311 e. The Morgan fingerprint density at radius 3 is 2.39 bits per heavy atom. The molecule has 0 spiro atoms. The summed E-state index contributed by atoms with van der Waals surface area (Å²) in [6.45, 7) is 5.13. The van der Waals surface area contributed by atoms with Gasteiger partial charge in [0.05, 0.1) is 6.04 Å². The second-order valence-electron chi connectivity index (χ2n) is 5.37. The molecule has 96 valence electrons. The van der Waals surface area contributed by atoms with Crippen LogP contribution in [0.3, 0.4) is 0 Å². The summed E-state index contributed by atoms with van der Waals surface area (Å²) in [6, 6.07) is 8.39. The van der Waals surface area contributed by atoms with Crippen molar-refractivity contribution in [2.24, 2.45) is 0 Å². The van der Waals surface area contributed by atoms with Crippen LogP contribution >= 0.6 is 0 Å². The number of nitrogens with zero attached hydrogens (tertiary/aromatic N) is 2. The second kappa shape index (κ2) is 4.73. The van der Waals surface area contributed by atoms with Crippen molar-refractivity contribution in [1.82, 2.24) is 4.90 Å². The van der Waals surface area contributed by atoms with E-state index in [0.717, 1.165) is 31.7 Å². The highest BCUT2D eigenvalue weighted by molar-refractivity contribution is 5.99. The van der Waals surface area contributed by atoms with Gasteiger partial charge in [-0.2, -0.15) is 0 Å². The van der Waals surface area contributed by atoms with Crippen LogP contribution in [0, 0.1) is 6.92 Å². The molecule has 1 aromatic carbocycles. The highest BCUT2D eigenvalue weighted by Gasteiger charge is 2.37. The van der Waals surface area contributed by atoms with Crippen molar-refractivity contribution in [3.05, 3.63) is 29.8 Å². The first kappa shape index (κ1) is 11.7. The van der Waals surface area contributed by atoms with Gasteiger partial charge in [0.2, 0.25) is 5.91 Å². The molecule has 3 nitrogen and oxygen atoms in total. The molecule has 18 heavy (non-hydrogen) atoms. The van der Waals surface area contributed by atoms with Crippen molar-refractivity contribution in [3.8, 4) is 0 Å². The molecule has 0 N–H and O–H groups in total. The largest absolute Gasteiger partial charge is 0.311 e. The molecule has 1 aromatic rings. The van der Waals surface area contributed by atoms with E-state index in [-0.39, 0.29) is 6.04 Å². The van der Waals surface area contributed by atoms with Crippen molar-refractivity contribution in [3.63, 3.8) is 0 Å². The van der Waals surface area contributed by atoms with Gasteiger partial charge in [0, 0.05) is 12.2 Å². The number of hydrogen-bond acceptors (Lipinski definition) is 2. The van der Waals surface area contributed by atoms with E-state index < -0.39 is 0 Å². The molecule has 0 bridgehead atoms. The molecule has 0 saturated carbocycles. The topological polar surface area (TPSA) is 23.6 Å². The zero-order chi connectivity index (χ0) is 12.5. The number of aryl methyl sites for hydroxylation is 1. The van der Waals surface area contributed by atoms with E-state index in [0.29, 0.717) is 5.91 Å². The molecule has 0 aromatic heterocycles. The molecule has 1 amide bonds. The predicted molar refractivity (Wildman–Crippen MR) is 72.7 cm³/mol. The van der Waals surface area contributed by atoms with Gasteiger partial charge in [-0.15, -0.1) is 0 Å². The number of likely N-dealkylation sites (tertiary alicyclic amines) is 1. The summed E-state index contributed by atoms with van der Waals surface area (Å²) >= 11 is 0. The van der Waals surface area contributed by atoms with Crippen LogP contribution in [0.2, 0.25) is 0 Å². The fourth-order valence-corrected chi connectivity index (χ4v) is 3.04. The summed E-state index contributed by atoms with van der Waals surface area (Å²) in [7, 11) is 0. The fraction of sp³-hybridized carbons (Fsp3) is 0.533. The number of anilines is 1. The Labute approximate surface area is 108 Å². The number of benzene rings is 1. The lowest BCUT2D eigenvalue weighted by Crippen LogP contribution is -2.40. The quantitative estimate of drug-likeness (QED) is 0.796. The molecule has 0 radical (unpaired) electrons. The van der Waals surface area contributed by atoms with Gasteiger partial charge in [-0.1, -0.05) is 17.7 Å². The van der Waals surface area contributed by atoms with E-state index in [1.807, 2.05) is 4.90 Å². The monoisotopic (exact) mass is 244 g/mol. The molecule has 0 unspecified atom stereocenters. The molecule has 2 aliphatic heterocycles. The maximum atomic E-state index is 12.5. The van der Waals surface area contributed by atoms with Crippen LogP contribution in [0.1, 0.15) is 24.8 Å². The number of carbonyl (C=O) groups excluding carboxylic acids is 1. The summed E-state index contributed by atoms with van der Waals surface area (Å²) in [5.41, 5.74) is 2.29. The Hall–Kier alpha value is -1.35. The maximum Gasteiger partial charge on any atom is 0.244 e. The highest BCUT2D eigenvalue weighted by atomic mass is 16.2. The molecule has 2 heterocycles. The first-order chi connectivity index (χ1) is 8.75. The molecule has 3 heteroatoms. The minimum absolute atomic E-state index is 0.133. The Bertz CT molecular complexity index is 434. The van der Waals surface area contributed by atoms with Crippen LogP contribution in [0.15, 0.2) is 24.3 Å². The van der Waals surface area contributed by atoms with Crippen LogP contribution in [0.4, 0.5) is 5.69 Å². The smallest absolute Gasteiger partial charge is 0.244 e. The predicted octanol–water partition coefficient (Wildman–Crippen LogP) is 2.20. The van der Waals surface area contributed by atoms with E-state index in [1.165, 1.54) is 18.4 Å². The average molecular weight is 244 g/mol. The lowest BCUT2D eigenvalue weighted by molar-refractivity contribution is -0.121. The number of carbonyl (C=O) groups is 1. The normalized spacial score (nSPS) is 25.1. The molecular formula is C15H20N2O. The molecule has 3 rings (SSSR count). The molecule has 2 fully saturated rings. The zero-order valence-corrected chi connectivity index (χ0v) is 10.9. The maximum absolute atomic E-state index is 12.5. The first-order valence-corrected chi connectivity index (χ1v) is 6.88. The van der Waals surface area contributed by atoms with Gasteiger partial charge in [0.1, 0.15) is 0 Å². The lowest BCUT2D eigenvalue weighted by Gasteiger charge is -2.22. The van der Waals surface area contributed by atoms with Crippen LogP contribution in [-0.4, -0.2) is 36.5 Å². The van der Waals surface area contributed by atoms with Crippen LogP contribution in [-0.2, 0) is 4.79 Å². The molecule has 0 aliphatic carbocycles. The highest BCUT2D eigenvalue weighted by Crippen LogP contribution is 2.26. The lowest BCUT2D eigenvalue weighted by atomic mass is 10.2. The summed E-state index contributed by atoms with van der Waals surface area (Å²) in [5, 5.41) is 0. The molecule has 2 aliphatic rings. The van der Waals surface area contributed by atoms with Gasteiger partial charge in [-0.25, -0.2) is 0 Å². The number of hydrogen-bond donors (Lipinski definition) is 0. The van der Waals surface area contributed by atoms with E-state index in [9.17, 15) is 4.79 Å². The number of rotatable bonds is 2. The second-order valence-corrected chi connectivity index (χ2v) is 5.37. The standard InChI is InChI=1S/C15H20N2O/c1-12-4-6-13(7-5-12)17-11-8-14(15(17)18)16-9-2-3-10-16/h4-7,14H,2-3,8-11H2,1H3/t14-/m1/s1. The van der Waals surface area contributed by atoms with Gasteiger partial charge in [-0.3, -0.25) is 9.69 Å². The van der Waals surface area contributed by atoms with Gasteiger partial charge in [-0.05, 0) is 51.4 Å². The summed E-state index contributed by atoms with van der Waals surface area (Å²) < 4.78 is 0. The zero-order valence-electron chi connectivity index (χ0n) is 10.9. The third-order valence-corrected chi connectivity index (χ3v) is 4.10. The third kappa shape index (κ3) is 2.03. The summed E-state index contributed by atoms with van der Waals surface area (Å²) in [4.78, 5) is 16.8. The molecular weight excluding hydrogens is 224 g/mol. The Kier molecular flexibility index (Phi) is 3.08. The fourth-order valence-electron chi connectivity index (χ4n) is 3.04. The van der Waals surface area contributed by atoms with Crippen LogP contribution < -0.4 is 4.90 Å².